The van der Waals surface area contributed by atoms with Gasteiger partial charge in [-0.05, 0) is 31.0 Å². The van der Waals surface area contributed by atoms with Crippen molar-refractivity contribution in [1.82, 2.24) is 9.97 Å². The van der Waals surface area contributed by atoms with E-state index in [9.17, 15) is 0 Å². The lowest BCUT2D eigenvalue weighted by molar-refractivity contribution is 0.437. The zero-order valence-electron chi connectivity index (χ0n) is 9.97. The largest absolute Gasteiger partial charge is 0.424 e. The summed E-state index contributed by atoms with van der Waals surface area (Å²) >= 11 is 0. The first-order valence-electron chi connectivity index (χ1n) is 5.45. The summed E-state index contributed by atoms with van der Waals surface area (Å²) in [7, 11) is 0. The predicted molar refractivity (Wildman–Crippen MR) is 65.9 cm³/mol. The van der Waals surface area contributed by atoms with E-state index in [-0.39, 0.29) is 0 Å². The molecule has 0 spiro atoms. The van der Waals surface area contributed by atoms with Gasteiger partial charge in [0.2, 0.25) is 0 Å². The van der Waals surface area contributed by atoms with E-state index < -0.39 is 0 Å². The van der Waals surface area contributed by atoms with Gasteiger partial charge >= 0.3 is 6.01 Å². The van der Waals surface area contributed by atoms with E-state index in [0.717, 1.165) is 22.4 Å². The second kappa shape index (κ2) is 4.93. The molecule has 0 radical (unpaired) electrons. The molecule has 0 saturated heterocycles. The highest BCUT2D eigenvalue weighted by Gasteiger charge is 2.04. The lowest BCUT2D eigenvalue weighted by Crippen LogP contribution is -1.99. The molecule has 1 aromatic carbocycles. The molecule has 17 heavy (non-hydrogen) atoms. The van der Waals surface area contributed by atoms with Crippen LogP contribution in [0, 0.1) is 13.8 Å². The highest BCUT2D eigenvalue weighted by Crippen LogP contribution is 2.23. The SMILES string of the molecule is Cc1ccc(C)c(Oc2ncc(CN)cn2)c1. The zero-order valence-corrected chi connectivity index (χ0v) is 9.97. The van der Waals surface area contributed by atoms with Gasteiger partial charge in [-0.2, -0.15) is 0 Å². The van der Waals surface area contributed by atoms with Gasteiger partial charge in [-0.1, -0.05) is 12.1 Å². The van der Waals surface area contributed by atoms with Crippen molar-refractivity contribution < 1.29 is 4.74 Å². The van der Waals surface area contributed by atoms with Crippen LogP contribution in [0.4, 0.5) is 0 Å². The molecule has 2 N–H and O–H groups in total. The minimum atomic E-state index is 0.343. The summed E-state index contributed by atoms with van der Waals surface area (Å²) in [6.45, 7) is 4.44. The molecular formula is C13H15N3O. The molecule has 0 fully saturated rings. The molecule has 88 valence electrons. The minimum Gasteiger partial charge on any atom is -0.424 e. The van der Waals surface area contributed by atoms with Crippen LogP contribution < -0.4 is 10.5 Å². The third kappa shape index (κ3) is 2.79. The molecular weight excluding hydrogens is 214 g/mol. The molecule has 0 aliphatic carbocycles. The molecule has 0 aliphatic rings. The maximum Gasteiger partial charge on any atom is 0.321 e. The van der Waals surface area contributed by atoms with Crippen LogP contribution in [0.2, 0.25) is 0 Å². The van der Waals surface area contributed by atoms with Crippen molar-refractivity contribution in [2.45, 2.75) is 20.4 Å². The molecule has 4 heteroatoms. The molecule has 0 bridgehead atoms. The zero-order chi connectivity index (χ0) is 12.3. The summed E-state index contributed by atoms with van der Waals surface area (Å²) in [4.78, 5) is 8.20. The van der Waals surface area contributed by atoms with Crippen LogP contribution in [0.15, 0.2) is 30.6 Å². The summed E-state index contributed by atoms with van der Waals surface area (Å²) in [6.07, 6.45) is 3.35. The number of nitrogens with two attached hydrogens (primary N) is 1. The van der Waals surface area contributed by atoms with Gasteiger partial charge in [0.15, 0.2) is 0 Å². The van der Waals surface area contributed by atoms with Gasteiger partial charge in [0, 0.05) is 24.5 Å². The number of aromatic nitrogens is 2. The first-order valence-corrected chi connectivity index (χ1v) is 5.45. The Balaban J connectivity index is 2.22. The molecule has 2 aromatic rings. The average Bonchev–Trinajstić information content (AvgIpc) is 2.35. The molecule has 1 aromatic heterocycles. The Hall–Kier alpha value is -1.94. The predicted octanol–water partition coefficient (Wildman–Crippen LogP) is 2.34. The van der Waals surface area contributed by atoms with Crippen LogP contribution in [-0.2, 0) is 6.54 Å². The smallest absolute Gasteiger partial charge is 0.321 e. The Kier molecular flexibility index (Phi) is 3.35. The summed E-state index contributed by atoms with van der Waals surface area (Å²) in [6, 6.07) is 6.37. The van der Waals surface area contributed by atoms with Gasteiger partial charge in [0.05, 0.1) is 0 Å². The normalized spacial score (nSPS) is 10.3. The Morgan fingerprint density at radius 1 is 1.18 bits per heavy atom. The van der Waals surface area contributed by atoms with E-state index in [0.29, 0.717) is 12.6 Å². The van der Waals surface area contributed by atoms with Gasteiger partial charge in [-0.15, -0.1) is 0 Å². The fraction of sp³-hybridized carbons (Fsp3) is 0.231. The van der Waals surface area contributed by atoms with Gasteiger partial charge in [-0.25, -0.2) is 9.97 Å². The molecule has 1 heterocycles. The first-order chi connectivity index (χ1) is 8.19. The minimum absolute atomic E-state index is 0.343. The number of rotatable bonds is 3. The summed E-state index contributed by atoms with van der Waals surface area (Å²) in [5.74, 6) is 0.783. The monoisotopic (exact) mass is 229 g/mol. The highest BCUT2D eigenvalue weighted by atomic mass is 16.5. The maximum atomic E-state index is 5.63. The third-order valence-electron chi connectivity index (χ3n) is 2.46. The molecule has 0 saturated carbocycles. The highest BCUT2D eigenvalue weighted by molar-refractivity contribution is 5.37. The van der Waals surface area contributed by atoms with Crippen LogP contribution in [-0.4, -0.2) is 9.97 Å². The Morgan fingerprint density at radius 3 is 2.53 bits per heavy atom. The standard InChI is InChI=1S/C13H15N3O/c1-9-3-4-10(2)12(5-9)17-13-15-7-11(6-14)8-16-13/h3-5,7-8H,6,14H2,1-2H3. The van der Waals surface area contributed by atoms with Crippen molar-refractivity contribution in [3.8, 4) is 11.8 Å². The van der Waals surface area contributed by atoms with E-state index in [4.69, 9.17) is 10.5 Å². The number of aryl methyl sites for hydroxylation is 2. The Bertz CT molecular complexity index is 509. The van der Waals surface area contributed by atoms with Gasteiger partial charge < -0.3 is 10.5 Å². The lowest BCUT2D eigenvalue weighted by Gasteiger charge is -2.07. The fourth-order valence-corrected chi connectivity index (χ4v) is 1.42. The van der Waals surface area contributed by atoms with Crippen LogP contribution in [0.3, 0.4) is 0 Å². The van der Waals surface area contributed by atoms with Crippen molar-refractivity contribution in [2.24, 2.45) is 5.73 Å². The Labute approximate surface area is 100 Å². The van der Waals surface area contributed by atoms with Crippen molar-refractivity contribution in [3.05, 3.63) is 47.3 Å². The number of benzene rings is 1. The molecule has 0 atom stereocenters. The summed E-state index contributed by atoms with van der Waals surface area (Å²) < 4.78 is 5.63. The number of ether oxygens (including phenoxy) is 1. The van der Waals surface area contributed by atoms with Gasteiger partial charge in [-0.3, -0.25) is 0 Å². The quantitative estimate of drug-likeness (QED) is 0.877. The lowest BCUT2D eigenvalue weighted by atomic mass is 10.1. The van der Waals surface area contributed by atoms with Gasteiger partial charge in [0.1, 0.15) is 5.75 Å². The number of hydrogen-bond donors (Lipinski definition) is 1. The summed E-state index contributed by atoms with van der Waals surface area (Å²) in [5.41, 5.74) is 8.56. The third-order valence-corrected chi connectivity index (χ3v) is 2.46. The molecule has 4 nitrogen and oxygen atoms in total. The van der Waals surface area contributed by atoms with Crippen molar-refractivity contribution in [3.63, 3.8) is 0 Å². The second-order valence-electron chi connectivity index (χ2n) is 3.95. The molecule has 0 unspecified atom stereocenters. The van der Waals surface area contributed by atoms with E-state index >= 15 is 0 Å². The molecule has 2 rings (SSSR count). The van der Waals surface area contributed by atoms with E-state index in [1.165, 1.54) is 0 Å². The van der Waals surface area contributed by atoms with Gasteiger partial charge in [0.25, 0.3) is 0 Å². The number of hydrogen-bond acceptors (Lipinski definition) is 4. The number of nitrogens with zero attached hydrogens (tertiary/aromatic N) is 2. The first kappa shape index (κ1) is 11.5. The van der Waals surface area contributed by atoms with E-state index in [2.05, 4.69) is 9.97 Å². The van der Waals surface area contributed by atoms with Crippen LogP contribution in [0.5, 0.6) is 11.8 Å². The Morgan fingerprint density at radius 2 is 1.88 bits per heavy atom. The average molecular weight is 229 g/mol. The second-order valence-corrected chi connectivity index (χ2v) is 3.95. The van der Waals surface area contributed by atoms with Crippen LogP contribution in [0.25, 0.3) is 0 Å². The van der Waals surface area contributed by atoms with E-state index in [1.807, 2.05) is 32.0 Å². The van der Waals surface area contributed by atoms with Crippen LogP contribution in [0.1, 0.15) is 16.7 Å². The van der Waals surface area contributed by atoms with Crippen LogP contribution >= 0.6 is 0 Å². The van der Waals surface area contributed by atoms with Crippen molar-refractivity contribution in [2.75, 3.05) is 0 Å². The molecule has 0 amide bonds. The fourth-order valence-electron chi connectivity index (χ4n) is 1.42. The van der Waals surface area contributed by atoms with Crippen molar-refractivity contribution >= 4 is 0 Å². The molecule has 0 aliphatic heterocycles. The topological polar surface area (TPSA) is 61.0 Å². The van der Waals surface area contributed by atoms with Crippen molar-refractivity contribution in [1.29, 1.82) is 0 Å². The summed E-state index contributed by atoms with van der Waals surface area (Å²) in [5, 5.41) is 0. The van der Waals surface area contributed by atoms with E-state index in [1.54, 1.807) is 12.4 Å². The maximum absolute atomic E-state index is 5.63.